The highest BCUT2D eigenvalue weighted by molar-refractivity contribution is 7.12. The van der Waals surface area contributed by atoms with Crippen molar-refractivity contribution in [3.63, 3.8) is 0 Å². The Kier molecular flexibility index (Phi) is 5.14. The van der Waals surface area contributed by atoms with E-state index in [1.165, 1.54) is 6.07 Å². The molecule has 0 unspecified atom stereocenters. The molecule has 1 aromatic heterocycles. The summed E-state index contributed by atoms with van der Waals surface area (Å²) in [5.41, 5.74) is 2.04. The number of fused-ring (bicyclic) bond motifs is 1. The third-order valence-corrected chi connectivity index (χ3v) is 4.99. The molecule has 3 nitrogen and oxygen atoms in total. The van der Waals surface area contributed by atoms with Crippen LogP contribution in [0.25, 0.3) is 0 Å². The molecule has 0 N–H and O–H groups in total. The van der Waals surface area contributed by atoms with Gasteiger partial charge in [-0.15, -0.1) is 11.3 Å². The molecule has 128 valence electrons. The highest BCUT2D eigenvalue weighted by atomic mass is 32.1. The van der Waals surface area contributed by atoms with Crippen molar-refractivity contribution >= 4 is 17.2 Å². The molecule has 6 heteroatoms. The maximum absolute atomic E-state index is 13.0. The molecule has 0 atom stereocenters. The first-order valence-electron chi connectivity index (χ1n) is 7.99. The third kappa shape index (κ3) is 3.43. The topological polar surface area (TPSA) is 29.5 Å². The Bertz CT molecular complexity index is 730. The van der Waals surface area contributed by atoms with Gasteiger partial charge in [0, 0.05) is 18.7 Å². The molecule has 0 fully saturated rings. The van der Waals surface area contributed by atoms with Crippen molar-refractivity contribution in [1.29, 1.82) is 0 Å². The van der Waals surface area contributed by atoms with Crippen LogP contribution in [0.5, 0.6) is 5.75 Å². The molecule has 1 aliphatic heterocycles. The summed E-state index contributed by atoms with van der Waals surface area (Å²) in [7, 11) is 0. The molecule has 3 rings (SSSR count). The van der Waals surface area contributed by atoms with Crippen LogP contribution in [0.1, 0.15) is 46.1 Å². The first-order valence-corrected chi connectivity index (χ1v) is 8.87. The van der Waals surface area contributed by atoms with Crippen molar-refractivity contribution < 1.29 is 18.3 Å². The van der Waals surface area contributed by atoms with Crippen molar-refractivity contribution in [1.82, 2.24) is 4.90 Å². The summed E-state index contributed by atoms with van der Waals surface area (Å²) < 4.78 is 31.6. The lowest BCUT2D eigenvalue weighted by Crippen LogP contribution is -2.36. The normalized spacial score (nSPS) is 13.9. The van der Waals surface area contributed by atoms with Gasteiger partial charge in [0.25, 0.3) is 12.3 Å². The van der Waals surface area contributed by atoms with Crippen LogP contribution in [0.15, 0.2) is 29.6 Å². The first-order chi connectivity index (χ1) is 11.6. The summed E-state index contributed by atoms with van der Waals surface area (Å²) in [5.74, 6) is 0.533. The highest BCUT2D eigenvalue weighted by Crippen LogP contribution is 2.30. The van der Waals surface area contributed by atoms with Crippen LogP contribution in [-0.4, -0.2) is 24.0 Å². The van der Waals surface area contributed by atoms with Gasteiger partial charge in [-0.3, -0.25) is 4.79 Å². The minimum Gasteiger partial charge on any atom is -0.494 e. The van der Waals surface area contributed by atoms with Crippen molar-refractivity contribution in [3.8, 4) is 5.75 Å². The number of alkyl halides is 2. The van der Waals surface area contributed by atoms with Gasteiger partial charge < -0.3 is 9.64 Å². The van der Waals surface area contributed by atoms with E-state index in [-0.39, 0.29) is 16.3 Å². The predicted molar refractivity (Wildman–Crippen MR) is 89.9 cm³/mol. The molecule has 1 aliphatic rings. The van der Waals surface area contributed by atoms with E-state index in [1.807, 2.05) is 18.2 Å². The fourth-order valence-corrected chi connectivity index (χ4v) is 3.69. The molecule has 0 aliphatic carbocycles. The SMILES string of the molecule is CCCOc1ccc2c(c1)CCN(C(=O)c1sccc1C(F)F)C2. The van der Waals surface area contributed by atoms with Gasteiger partial charge in [-0.2, -0.15) is 0 Å². The second kappa shape index (κ2) is 7.30. The van der Waals surface area contributed by atoms with Crippen molar-refractivity contribution in [3.05, 3.63) is 51.2 Å². The van der Waals surface area contributed by atoms with Crippen molar-refractivity contribution in [2.75, 3.05) is 13.2 Å². The number of hydrogen-bond donors (Lipinski definition) is 0. The van der Waals surface area contributed by atoms with Gasteiger partial charge in [-0.05, 0) is 47.5 Å². The molecule has 0 saturated heterocycles. The molecule has 24 heavy (non-hydrogen) atoms. The molecule has 1 aromatic carbocycles. The van der Waals surface area contributed by atoms with Gasteiger partial charge in [0.1, 0.15) is 10.6 Å². The van der Waals surface area contributed by atoms with Crippen molar-refractivity contribution in [2.24, 2.45) is 0 Å². The number of benzene rings is 1. The fraction of sp³-hybridized carbons (Fsp3) is 0.389. The number of carbonyl (C=O) groups is 1. The number of amides is 1. The second-order valence-corrected chi connectivity index (χ2v) is 6.68. The second-order valence-electron chi connectivity index (χ2n) is 5.76. The Morgan fingerprint density at radius 2 is 2.17 bits per heavy atom. The van der Waals surface area contributed by atoms with Crippen molar-refractivity contribution in [2.45, 2.75) is 32.7 Å². The largest absolute Gasteiger partial charge is 0.494 e. The first kappa shape index (κ1) is 16.9. The summed E-state index contributed by atoms with van der Waals surface area (Å²) in [6.07, 6.45) is -0.961. The smallest absolute Gasteiger partial charge is 0.265 e. The molecule has 0 spiro atoms. The zero-order chi connectivity index (χ0) is 17.1. The number of halogens is 2. The Morgan fingerprint density at radius 3 is 2.92 bits per heavy atom. The van der Waals surface area contributed by atoms with E-state index in [0.717, 1.165) is 34.6 Å². The van der Waals surface area contributed by atoms with Gasteiger partial charge in [0.15, 0.2) is 0 Å². The summed E-state index contributed by atoms with van der Waals surface area (Å²) >= 11 is 1.08. The van der Waals surface area contributed by atoms with Gasteiger partial charge in [-0.1, -0.05) is 13.0 Å². The maximum atomic E-state index is 13.0. The van der Waals surface area contributed by atoms with Gasteiger partial charge in [0.2, 0.25) is 0 Å². The standard InChI is InChI=1S/C18H19F2NO2S/c1-2-8-23-14-4-3-13-11-21(7-5-12(13)10-14)18(22)16-15(17(19)20)6-9-24-16/h3-4,6,9-10,17H,2,5,7-8,11H2,1H3. The van der Waals surface area contributed by atoms with E-state index in [0.29, 0.717) is 26.1 Å². The summed E-state index contributed by atoms with van der Waals surface area (Å²) in [6, 6.07) is 7.21. The minimum absolute atomic E-state index is 0.149. The number of carbonyl (C=O) groups excluding carboxylic acids is 1. The lowest BCUT2D eigenvalue weighted by Gasteiger charge is -2.29. The number of rotatable bonds is 5. The van der Waals surface area contributed by atoms with E-state index in [2.05, 4.69) is 6.92 Å². The number of ether oxygens (including phenoxy) is 1. The number of hydrogen-bond acceptors (Lipinski definition) is 3. The Labute approximate surface area is 143 Å². The lowest BCUT2D eigenvalue weighted by molar-refractivity contribution is 0.0729. The van der Waals surface area contributed by atoms with Crippen LogP contribution in [0.4, 0.5) is 8.78 Å². The van der Waals surface area contributed by atoms with Crippen LogP contribution in [0, 0.1) is 0 Å². The van der Waals surface area contributed by atoms with E-state index < -0.39 is 6.43 Å². The van der Waals surface area contributed by atoms with Crippen LogP contribution in [0.3, 0.4) is 0 Å². The Balaban J connectivity index is 1.75. The van der Waals surface area contributed by atoms with Gasteiger partial charge in [-0.25, -0.2) is 8.78 Å². The summed E-state index contributed by atoms with van der Waals surface area (Å²) in [4.78, 5) is 14.4. The van der Waals surface area contributed by atoms with Crippen LogP contribution < -0.4 is 4.74 Å². The van der Waals surface area contributed by atoms with Crippen LogP contribution in [0.2, 0.25) is 0 Å². The fourth-order valence-electron chi connectivity index (χ4n) is 2.82. The Hall–Kier alpha value is -1.95. The summed E-state index contributed by atoms with van der Waals surface area (Å²) in [6.45, 7) is 3.71. The van der Waals surface area contributed by atoms with E-state index in [1.54, 1.807) is 10.3 Å². The van der Waals surface area contributed by atoms with Crippen LogP contribution >= 0.6 is 11.3 Å². The molecule has 0 radical (unpaired) electrons. The highest BCUT2D eigenvalue weighted by Gasteiger charge is 2.27. The average Bonchev–Trinajstić information content (AvgIpc) is 3.08. The van der Waals surface area contributed by atoms with Crippen LogP contribution in [-0.2, 0) is 13.0 Å². The van der Waals surface area contributed by atoms with E-state index in [4.69, 9.17) is 4.74 Å². The zero-order valence-corrected chi connectivity index (χ0v) is 14.2. The average molecular weight is 351 g/mol. The summed E-state index contributed by atoms with van der Waals surface area (Å²) in [5, 5.41) is 1.55. The molecule has 0 saturated carbocycles. The monoisotopic (exact) mass is 351 g/mol. The predicted octanol–water partition coefficient (Wildman–Crippen LogP) is 4.67. The third-order valence-electron chi connectivity index (χ3n) is 4.08. The molecule has 2 aromatic rings. The molecular weight excluding hydrogens is 332 g/mol. The molecular formula is C18H19F2NO2S. The van der Waals surface area contributed by atoms with Gasteiger partial charge in [0.05, 0.1) is 6.61 Å². The molecule has 0 bridgehead atoms. The number of nitrogens with zero attached hydrogens (tertiary/aromatic N) is 1. The molecule has 1 amide bonds. The quantitative estimate of drug-likeness (QED) is 0.783. The minimum atomic E-state index is -2.62. The van der Waals surface area contributed by atoms with Gasteiger partial charge >= 0.3 is 0 Å². The number of thiophene rings is 1. The zero-order valence-electron chi connectivity index (χ0n) is 13.4. The lowest BCUT2D eigenvalue weighted by atomic mass is 9.99. The van der Waals surface area contributed by atoms with E-state index in [9.17, 15) is 13.6 Å². The Morgan fingerprint density at radius 1 is 1.33 bits per heavy atom. The molecule has 2 heterocycles. The van der Waals surface area contributed by atoms with E-state index >= 15 is 0 Å². The maximum Gasteiger partial charge on any atom is 0.265 e.